The predicted octanol–water partition coefficient (Wildman–Crippen LogP) is 2.05. The number of nitrogens with zero attached hydrogens (tertiary/aromatic N) is 2. The molecule has 1 amide bonds. The number of ether oxygens (including phenoxy) is 3. The minimum Gasteiger partial charge on any atom is -0.507 e. The van der Waals surface area contributed by atoms with Crippen LogP contribution in [0.25, 0.3) is 5.76 Å². The smallest absolute Gasteiger partial charge is 0.295 e. The van der Waals surface area contributed by atoms with E-state index >= 15 is 0 Å². The average molecular weight is 442 g/mol. The van der Waals surface area contributed by atoms with Crippen molar-refractivity contribution >= 4 is 17.4 Å². The van der Waals surface area contributed by atoms with Crippen LogP contribution in [-0.2, 0) is 14.3 Å². The highest BCUT2D eigenvalue weighted by Gasteiger charge is 2.47. The molecule has 0 spiro atoms. The van der Waals surface area contributed by atoms with Crippen LogP contribution in [0.5, 0.6) is 11.5 Å². The van der Waals surface area contributed by atoms with Crippen LogP contribution in [0.4, 0.5) is 0 Å². The second kappa shape index (κ2) is 9.46. The molecule has 1 N–H and O–H groups in total. The fourth-order valence-corrected chi connectivity index (χ4v) is 4.07. The van der Waals surface area contributed by atoms with Gasteiger partial charge in [-0.2, -0.15) is 0 Å². The molecule has 1 aromatic heterocycles. The van der Waals surface area contributed by atoms with Crippen LogP contribution in [0.15, 0.2) is 46.6 Å². The second-order valence-electron chi connectivity index (χ2n) is 7.53. The first-order valence-electron chi connectivity index (χ1n) is 10.4. The minimum atomic E-state index is -0.820. The van der Waals surface area contributed by atoms with Gasteiger partial charge in [-0.3, -0.25) is 14.5 Å². The summed E-state index contributed by atoms with van der Waals surface area (Å²) in [7, 11) is 2.99. The van der Waals surface area contributed by atoms with E-state index in [0.717, 1.165) is 13.1 Å². The summed E-state index contributed by atoms with van der Waals surface area (Å²) in [6.07, 6.45) is 1.48. The van der Waals surface area contributed by atoms with E-state index in [1.54, 1.807) is 30.3 Å². The van der Waals surface area contributed by atoms with Gasteiger partial charge in [-0.05, 0) is 30.3 Å². The van der Waals surface area contributed by atoms with Crippen molar-refractivity contribution < 1.29 is 33.3 Å². The first-order valence-corrected chi connectivity index (χ1v) is 10.4. The van der Waals surface area contributed by atoms with E-state index in [4.69, 9.17) is 18.6 Å². The molecular formula is C23H26N2O7. The zero-order valence-electron chi connectivity index (χ0n) is 18.1. The molecule has 4 rings (SSSR count). The van der Waals surface area contributed by atoms with Crippen LogP contribution in [0.1, 0.15) is 17.4 Å². The summed E-state index contributed by atoms with van der Waals surface area (Å²) in [5.74, 6) is -0.416. The van der Waals surface area contributed by atoms with E-state index in [2.05, 4.69) is 4.90 Å². The van der Waals surface area contributed by atoms with Gasteiger partial charge in [0.25, 0.3) is 11.7 Å². The third-order valence-corrected chi connectivity index (χ3v) is 5.77. The summed E-state index contributed by atoms with van der Waals surface area (Å²) < 4.78 is 21.5. The highest BCUT2D eigenvalue weighted by Crippen LogP contribution is 2.40. The quantitative estimate of drug-likeness (QED) is 0.395. The van der Waals surface area contributed by atoms with Gasteiger partial charge in [0.05, 0.1) is 39.3 Å². The van der Waals surface area contributed by atoms with Gasteiger partial charge in [0.2, 0.25) is 0 Å². The standard InChI is InChI=1S/C23H26N2O7/c1-29-16-6-5-15(14-18(16)30-2)21(26)19-20(17-4-3-11-32-17)25(23(28)22(19)27)8-7-24-9-12-31-13-10-24/h3-6,11,14,20,26H,7-10,12-13H2,1-2H3/b21-19+/t20-/m1/s1. The highest BCUT2D eigenvalue weighted by atomic mass is 16.5. The van der Waals surface area contributed by atoms with Crippen molar-refractivity contribution in [1.82, 2.24) is 9.80 Å². The second-order valence-corrected chi connectivity index (χ2v) is 7.53. The molecule has 170 valence electrons. The topological polar surface area (TPSA) is 102 Å². The van der Waals surface area contributed by atoms with Gasteiger partial charge in [0.15, 0.2) is 11.5 Å². The number of carbonyl (C=O) groups excluding carboxylic acids is 2. The normalized spacial score (nSPS) is 21.2. The Kier molecular flexibility index (Phi) is 6.48. The van der Waals surface area contributed by atoms with E-state index in [0.29, 0.717) is 49.1 Å². The number of ketones is 1. The molecule has 3 heterocycles. The zero-order valence-corrected chi connectivity index (χ0v) is 18.1. The van der Waals surface area contributed by atoms with Crippen LogP contribution in [0.3, 0.4) is 0 Å². The molecule has 0 aliphatic carbocycles. The number of hydrogen-bond donors (Lipinski definition) is 1. The van der Waals surface area contributed by atoms with Crippen molar-refractivity contribution in [1.29, 1.82) is 0 Å². The summed E-state index contributed by atoms with van der Waals surface area (Å²) in [4.78, 5) is 29.6. The summed E-state index contributed by atoms with van der Waals surface area (Å²) >= 11 is 0. The molecule has 32 heavy (non-hydrogen) atoms. The van der Waals surface area contributed by atoms with Crippen LogP contribution in [0, 0.1) is 0 Å². The Morgan fingerprint density at radius 2 is 1.84 bits per heavy atom. The van der Waals surface area contributed by atoms with E-state index in [1.165, 1.54) is 25.4 Å². The Balaban J connectivity index is 1.71. The maximum Gasteiger partial charge on any atom is 0.295 e. The Hall–Kier alpha value is -3.30. The molecule has 1 atom stereocenters. The van der Waals surface area contributed by atoms with Gasteiger partial charge in [0, 0.05) is 31.7 Å². The number of Topliss-reactive ketones (excluding diaryl/α,β-unsaturated/α-hetero) is 1. The van der Waals surface area contributed by atoms with Gasteiger partial charge < -0.3 is 28.6 Å². The third kappa shape index (κ3) is 4.09. The van der Waals surface area contributed by atoms with Crippen molar-refractivity contribution in [2.45, 2.75) is 6.04 Å². The van der Waals surface area contributed by atoms with E-state index in [9.17, 15) is 14.7 Å². The Morgan fingerprint density at radius 3 is 2.50 bits per heavy atom. The van der Waals surface area contributed by atoms with Crippen molar-refractivity contribution in [3.63, 3.8) is 0 Å². The summed E-state index contributed by atoms with van der Waals surface area (Å²) in [6, 6.07) is 7.36. The molecule has 9 heteroatoms. The number of likely N-dealkylation sites (tertiary alicyclic amines) is 1. The van der Waals surface area contributed by atoms with Crippen LogP contribution in [0.2, 0.25) is 0 Å². The monoisotopic (exact) mass is 442 g/mol. The Labute approximate surface area is 185 Å². The van der Waals surface area contributed by atoms with Crippen LogP contribution < -0.4 is 9.47 Å². The molecule has 2 saturated heterocycles. The number of rotatable bonds is 7. The number of methoxy groups -OCH3 is 2. The number of amides is 1. The van der Waals surface area contributed by atoms with E-state index in [-0.39, 0.29) is 11.3 Å². The van der Waals surface area contributed by atoms with Gasteiger partial charge in [-0.25, -0.2) is 0 Å². The van der Waals surface area contributed by atoms with Gasteiger partial charge in [-0.15, -0.1) is 0 Å². The summed E-state index contributed by atoms with van der Waals surface area (Å²) in [6.45, 7) is 3.71. The lowest BCUT2D eigenvalue weighted by atomic mass is 9.99. The number of hydrogen-bond acceptors (Lipinski definition) is 8. The number of carbonyl (C=O) groups is 2. The number of benzene rings is 1. The van der Waals surface area contributed by atoms with Crippen molar-refractivity contribution in [2.24, 2.45) is 0 Å². The van der Waals surface area contributed by atoms with Crippen molar-refractivity contribution in [3.05, 3.63) is 53.5 Å². The largest absolute Gasteiger partial charge is 0.507 e. The highest BCUT2D eigenvalue weighted by molar-refractivity contribution is 6.46. The predicted molar refractivity (Wildman–Crippen MR) is 115 cm³/mol. The summed E-state index contributed by atoms with van der Waals surface area (Å²) in [5.41, 5.74) is 0.324. The zero-order chi connectivity index (χ0) is 22.7. The molecule has 2 aromatic rings. The van der Waals surface area contributed by atoms with E-state index in [1.807, 2.05) is 0 Å². The molecule has 2 aliphatic rings. The summed E-state index contributed by atoms with van der Waals surface area (Å²) in [5, 5.41) is 11.1. The van der Waals surface area contributed by atoms with Crippen LogP contribution in [-0.4, -0.2) is 80.2 Å². The first kappa shape index (κ1) is 21.9. The Morgan fingerprint density at radius 1 is 1.09 bits per heavy atom. The lowest BCUT2D eigenvalue weighted by Gasteiger charge is -2.30. The maximum absolute atomic E-state index is 13.0. The fraction of sp³-hybridized carbons (Fsp3) is 0.391. The maximum atomic E-state index is 13.0. The number of furan rings is 1. The van der Waals surface area contributed by atoms with Crippen molar-refractivity contribution in [2.75, 3.05) is 53.6 Å². The molecule has 0 saturated carbocycles. The molecular weight excluding hydrogens is 416 g/mol. The lowest BCUT2D eigenvalue weighted by Crippen LogP contribution is -2.42. The molecule has 9 nitrogen and oxygen atoms in total. The third-order valence-electron chi connectivity index (χ3n) is 5.77. The van der Waals surface area contributed by atoms with Crippen molar-refractivity contribution in [3.8, 4) is 11.5 Å². The molecule has 1 aromatic carbocycles. The lowest BCUT2D eigenvalue weighted by molar-refractivity contribution is -0.140. The van der Waals surface area contributed by atoms with E-state index < -0.39 is 17.7 Å². The Bertz CT molecular complexity index is 1010. The van der Waals surface area contributed by atoms with Gasteiger partial charge >= 0.3 is 0 Å². The molecule has 0 bridgehead atoms. The first-order chi connectivity index (χ1) is 15.5. The number of aliphatic hydroxyl groups is 1. The average Bonchev–Trinajstić information content (AvgIpc) is 3.44. The molecule has 0 unspecified atom stereocenters. The van der Waals surface area contributed by atoms with Gasteiger partial charge in [0.1, 0.15) is 17.6 Å². The van der Waals surface area contributed by atoms with Crippen LogP contribution >= 0.6 is 0 Å². The number of morpholine rings is 1. The molecule has 0 radical (unpaired) electrons. The number of aliphatic hydroxyl groups excluding tert-OH is 1. The SMILES string of the molecule is COc1ccc(/C(O)=C2\C(=O)C(=O)N(CCN3CCOCC3)[C@@H]2c2ccco2)cc1OC. The van der Waals surface area contributed by atoms with Gasteiger partial charge in [-0.1, -0.05) is 0 Å². The fourth-order valence-electron chi connectivity index (χ4n) is 4.07. The molecule has 2 aliphatic heterocycles. The minimum absolute atomic E-state index is 0.0147. The molecule has 2 fully saturated rings.